The van der Waals surface area contributed by atoms with Crippen LogP contribution in [0.25, 0.3) is 0 Å². The molecule has 0 radical (unpaired) electrons. The minimum absolute atomic E-state index is 0.116. The molecule has 1 aromatic rings. The molecule has 1 saturated carbocycles. The number of nitro benzene ring substituents is 1. The smallest absolute Gasteiger partial charge is 0.311 e. The number of nitro groups is 1. The zero-order valence-corrected chi connectivity index (χ0v) is 10.4. The summed E-state index contributed by atoms with van der Waals surface area (Å²) in [6, 6.07) is 3.56. The Morgan fingerprint density at radius 1 is 1.39 bits per heavy atom. The average Bonchev–Trinajstić information content (AvgIpc) is 3.11. The molecule has 3 rings (SSSR count). The van der Waals surface area contributed by atoms with E-state index in [1.807, 2.05) is 6.07 Å². The van der Waals surface area contributed by atoms with Crippen molar-refractivity contribution in [3.8, 4) is 5.75 Å². The van der Waals surface area contributed by atoms with Gasteiger partial charge in [-0.1, -0.05) is 0 Å². The highest BCUT2D eigenvalue weighted by atomic mass is 16.6. The lowest BCUT2D eigenvalue weighted by Gasteiger charge is -2.25. The molecule has 0 N–H and O–H groups in total. The summed E-state index contributed by atoms with van der Waals surface area (Å²) in [7, 11) is 2.06. The molecule has 0 aromatic heterocycles. The van der Waals surface area contributed by atoms with Crippen LogP contribution in [0.5, 0.6) is 5.75 Å². The van der Waals surface area contributed by atoms with Gasteiger partial charge in [0.1, 0.15) is 0 Å². The van der Waals surface area contributed by atoms with Crippen LogP contribution < -0.4 is 4.74 Å². The maximum Gasteiger partial charge on any atom is 0.311 e. The number of hydrogen-bond donors (Lipinski definition) is 0. The van der Waals surface area contributed by atoms with Crippen LogP contribution in [0, 0.1) is 10.1 Å². The second-order valence-electron chi connectivity index (χ2n) is 5.15. The van der Waals surface area contributed by atoms with Crippen molar-refractivity contribution in [1.29, 1.82) is 0 Å². The molecule has 2 aliphatic rings. The molecule has 0 bridgehead atoms. The van der Waals surface area contributed by atoms with Crippen LogP contribution in [-0.4, -0.2) is 29.5 Å². The maximum atomic E-state index is 11.1. The van der Waals surface area contributed by atoms with E-state index in [0.717, 1.165) is 43.5 Å². The molecule has 1 aliphatic carbocycles. The minimum atomic E-state index is -0.337. The summed E-state index contributed by atoms with van der Waals surface area (Å²) in [4.78, 5) is 13.0. The summed E-state index contributed by atoms with van der Waals surface area (Å²) < 4.78 is 5.66. The van der Waals surface area contributed by atoms with E-state index in [1.54, 1.807) is 6.07 Å². The second-order valence-corrected chi connectivity index (χ2v) is 5.15. The zero-order chi connectivity index (χ0) is 12.7. The van der Waals surface area contributed by atoms with E-state index in [4.69, 9.17) is 4.74 Å². The molecule has 18 heavy (non-hydrogen) atoms. The van der Waals surface area contributed by atoms with Gasteiger partial charge in [0, 0.05) is 19.2 Å². The Balaban J connectivity index is 1.99. The van der Waals surface area contributed by atoms with Crippen LogP contribution in [0.4, 0.5) is 5.69 Å². The van der Waals surface area contributed by atoms with Crippen molar-refractivity contribution >= 4 is 5.69 Å². The number of benzene rings is 1. The summed E-state index contributed by atoms with van der Waals surface area (Å²) in [5.74, 6) is 0.441. The molecular weight excluding hydrogens is 232 g/mol. The van der Waals surface area contributed by atoms with Crippen LogP contribution in [0.2, 0.25) is 0 Å². The zero-order valence-electron chi connectivity index (χ0n) is 10.4. The third-order valence-corrected chi connectivity index (χ3v) is 3.50. The Bertz CT molecular complexity index is 497. The Morgan fingerprint density at radius 2 is 2.17 bits per heavy atom. The molecule has 5 heteroatoms. The largest absolute Gasteiger partial charge is 0.483 e. The van der Waals surface area contributed by atoms with Crippen molar-refractivity contribution in [2.45, 2.75) is 31.9 Å². The Hall–Kier alpha value is -1.62. The molecule has 96 valence electrons. The summed E-state index contributed by atoms with van der Waals surface area (Å²) in [6.45, 7) is 1.79. The SMILES string of the molecule is CN1CCc2cc([N+](=O)[O-])c(OC3CC3)cc2C1. The fourth-order valence-corrected chi connectivity index (χ4v) is 2.32. The molecule has 0 atom stereocenters. The van der Waals surface area contributed by atoms with Gasteiger partial charge in [0.25, 0.3) is 0 Å². The molecule has 0 spiro atoms. The van der Waals surface area contributed by atoms with E-state index >= 15 is 0 Å². The first-order chi connectivity index (χ1) is 8.63. The quantitative estimate of drug-likeness (QED) is 0.607. The van der Waals surface area contributed by atoms with Gasteiger partial charge in [0.2, 0.25) is 0 Å². The number of rotatable bonds is 3. The highest BCUT2D eigenvalue weighted by Crippen LogP contribution is 2.36. The fraction of sp³-hybridized carbons (Fsp3) is 0.538. The van der Waals surface area contributed by atoms with E-state index in [2.05, 4.69) is 11.9 Å². The number of fused-ring (bicyclic) bond motifs is 1. The van der Waals surface area contributed by atoms with Gasteiger partial charge < -0.3 is 9.64 Å². The molecule has 1 fully saturated rings. The highest BCUT2D eigenvalue weighted by molar-refractivity contribution is 5.53. The molecule has 0 unspecified atom stereocenters. The average molecular weight is 248 g/mol. The fourth-order valence-electron chi connectivity index (χ4n) is 2.32. The van der Waals surface area contributed by atoms with E-state index < -0.39 is 0 Å². The summed E-state index contributed by atoms with van der Waals surface area (Å²) in [6.07, 6.45) is 3.07. The van der Waals surface area contributed by atoms with Gasteiger partial charge in [0.15, 0.2) is 5.75 Å². The van der Waals surface area contributed by atoms with Crippen molar-refractivity contribution in [1.82, 2.24) is 4.90 Å². The predicted octanol–water partition coefficient (Wildman–Crippen LogP) is 2.12. The predicted molar refractivity (Wildman–Crippen MR) is 66.8 cm³/mol. The first-order valence-corrected chi connectivity index (χ1v) is 6.29. The molecular formula is C13H16N2O3. The van der Waals surface area contributed by atoms with E-state index in [-0.39, 0.29) is 16.7 Å². The third-order valence-electron chi connectivity index (χ3n) is 3.50. The van der Waals surface area contributed by atoms with Gasteiger partial charge in [0.05, 0.1) is 11.0 Å². The summed E-state index contributed by atoms with van der Waals surface area (Å²) in [5, 5.41) is 11.1. The van der Waals surface area contributed by atoms with Gasteiger partial charge >= 0.3 is 5.69 Å². The Morgan fingerprint density at radius 3 is 2.83 bits per heavy atom. The molecule has 5 nitrogen and oxygen atoms in total. The van der Waals surface area contributed by atoms with Gasteiger partial charge in [-0.2, -0.15) is 0 Å². The van der Waals surface area contributed by atoms with E-state index in [1.165, 1.54) is 0 Å². The van der Waals surface area contributed by atoms with Crippen molar-refractivity contribution < 1.29 is 9.66 Å². The van der Waals surface area contributed by atoms with Gasteiger partial charge in [-0.05, 0) is 43.5 Å². The van der Waals surface area contributed by atoms with Crippen molar-refractivity contribution in [3.05, 3.63) is 33.4 Å². The minimum Gasteiger partial charge on any atom is -0.483 e. The lowest BCUT2D eigenvalue weighted by atomic mass is 9.99. The van der Waals surface area contributed by atoms with Crippen LogP contribution in [0.1, 0.15) is 24.0 Å². The van der Waals surface area contributed by atoms with Crippen molar-refractivity contribution in [2.75, 3.05) is 13.6 Å². The summed E-state index contributed by atoms with van der Waals surface area (Å²) >= 11 is 0. The monoisotopic (exact) mass is 248 g/mol. The van der Waals surface area contributed by atoms with Gasteiger partial charge in [-0.25, -0.2) is 0 Å². The number of hydrogen-bond acceptors (Lipinski definition) is 4. The van der Waals surface area contributed by atoms with Crippen LogP contribution in [0.15, 0.2) is 12.1 Å². The van der Waals surface area contributed by atoms with Crippen LogP contribution in [-0.2, 0) is 13.0 Å². The second kappa shape index (κ2) is 4.24. The third kappa shape index (κ3) is 2.18. The van der Waals surface area contributed by atoms with Crippen LogP contribution >= 0.6 is 0 Å². The molecule has 1 heterocycles. The first-order valence-electron chi connectivity index (χ1n) is 6.29. The van der Waals surface area contributed by atoms with Crippen LogP contribution in [0.3, 0.4) is 0 Å². The number of likely N-dealkylation sites (N-methyl/N-ethyl adjacent to an activating group) is 1. The Kier molecular flexibility index (Phi) is 2.70. The lowest BCUT2D eigenvalue weighted by molar-refractivity contribution is -0.386. The maximum absolute atomic E-state index is 11.1. The normalized spacial score (nSPS) is 19.4. The number of nitrogens with zero attached hydrogens (tertiary/aromatic N) is 2. The van der Waals surface area contributed by atoms with Crippen molar-refractivity contribution in [3.63, 3.8) is 0 Å². The van der Waals surface area contributed by atoms with Gasteiger partial charge in [-0.3, -0.25) is 10.1 Å². The lowest BCUT2D eigenvalue weighted by Crippen LogP contribution is -2.26. The first kappa shape index (κ1) is 11.5. The Labute approximate surface area is 106 Å². The van der Waals surface area contributed by atoms with Gasteiger partial charge in [-0.15, -0.1) is 0 Å². The number of ether oxygens (including phenoxy) is 1. The van der Waals surface area contributed by atoms with Crippen molar-refractivity contribution in [2.24, 2.45) is 0 Å². The van der Waals surface area contributed by atoms with E-state index in [9.17, 15) is 10.1 Å². The molecule has 1 aromatic carbocycles. The standard InChI is InChI=1S/C13H16N2O3/c1-14-5-4-9-6-12(15(16)17)13(7-10(9)8-14)18-11-2-3-11/h6-7,11H,2-5,8H2,1H3. The highest BCUT2D eigenvalue weighted by Gasteiger charge is 2.29. The molecule has 0 amide bonds. The van der Waals surface area contributed by atoms with E-state index in [0.29, 0.717) is 5.75 Å². The molecule has 1 aliphatic heterocycles. The topological polar surface area (TPSA) is 55.6 Å². The summed E-state index contributed by atoms with van der Waals surface area (Å²) in [5.41, 5.74) is 2.36. The molecule has 0 saturated heterocycles.